The number of carbonyl (C=O) groups excluding carboxylic acids is 1. The third kappa shape index (κ3) is 2.04. The first-order valence-electron chi connectivity index (χ1n) is 5.07. The van der Waals surface area contributed by atoms with Crippen LogP contribution < -0.4 is 0 Å². The van der Waals surface area contributed by atoms with Crippen molar-refractivity contribution in [2.45, 2.75) is 31.7 Å². The van der Waals surface area contributed by atoms with Crippen molar-refractivity contribution in [3.05, 3.63) is 23.8 Å². The van der Waals surface area contributed by atoms with E-state index in [0.29, 0.717) is 18.4 Å². The predicted molar refractivity (Wildman–Crippen MR) is 50.5 cm³/mol. The van der Waals surface area contributed by atoms with E-state index in [2.05, 4.69) is 4.74 Å². The molecule has 5 heteroatoms. The number of carbonyl (C=O) groups is 1. The van der Waals surface area contributed by atoms with Gasteiger partial charge < -0.3 is 0 Å². The molecule has 0 aromatic rings. The number of hydrogen-bond donors (Lipinski definition) is 0. The van der Waals surface area contributed by atoms with E-state index in [1.54, 1.807) is 13.0 Å². The fourth-order valence-corrected chi connectivity index (χ4v) is 1.94. The van der Waals surface area contributed by atoms with Crippen molar-refractivity contribution in [1.82, 2.24) is 0 Å². The second kappa shape index (κ2) is 3.45. The smallest absolute Gasteiger partial charge is 0.294 e. The lowest BCUT2D eigenvalue weighted by Gasteiger charge is -2.18. The summed E-state index contributed by atoms with van der Waals surface area (Å²) < 4.78 is 40.3. The summed E-state index contributed by atoms with van der Waals surface area (Å²) in [6, 6.07) is 0. The molecule has 2 rings (SSSR count). The molecular weight excluding hydrogens is 221 g/mol. The number of fused-ring (bicyclic) bond motifs is 1. The Balaban J connectivity index is 2.08. The summed E-state index contributed by atoms with van der Waals surface area (Å²) in [6.07, 6.45) is 0.394. The number of rotatable bonds is 3. The van der Waals surface area contributed by atoms with Crippen LogP contribution in [0.15, 0.2) is 23.8 Å². The molecule has 2 aliphatic rings. The Morgan fingerprint density at radius 1 is 1.62 bits per heavy atom. The van der Waals surface area contributed by atoms with E-state index in [4.69, 9.17) is 0 Å². The van der Waals surface area contributed by atoms with Crippen molar-refractivity contribution in [3.63, 3.8) is 0 Å². The highest BCUT2D eigenvalue weighted by Gasteiger charge is 2.59. The highest BCUT2D eigenvalue weighted by molar-refractivity contribution is 5.98. The highest BCUT2D eigenvalue weighted by atomic mass is 19.4. The maximum Gasteiger partial charge on any atom is 0.523 e. The molecule has 16 heavy (non-hydrogen) atoms. The van der Waals surface area contributed by atoms with Gasteiger partial charge >= 0.3 is 6.36 Å². The molecule has 0 heterocycles. The van der Waals surface area contributed by atoms with Crippen LogP contribution in [-0.2, 0) is 9.53 Å². The summed E-state index contributed by atoms with van der Waals surface area (Å²) in [5.41, 5.74) is -0.748. The number of allylic oxidation sites excluding steroid dienone is 2. The summed E-state index contributed by atoms with van der Waals surface area (Å²) in [7, 11) is 0. The van der Waals surface area contributed by atoms with E-state index in [9.17, 15) is 18.0 Å². The second-order valence-corrected chi connectivity index (χ2v) is 4.05. The minimum Gasteiger partial charge on any atom is -0.294 e. The molecule has 0 aliphatic heterocycles. The van der Waals surface area contributed by atoms with E-state index in [1.165, 1.54) is 12.2 Å². The zero-order valence-electron chi connectivity index (χ0n) is 8.67. The van der Waals surface area contributed by atoms with Crippen LogP contribution >= 0.6 is 0 Å². The molecule has 2 unspecified atom stereocenters. The zero-order valence-corrected chi connectivity index (χ0v) is 8.67. The molecule has 0 radical (unpaired) electrons. The van der Waals surface area contributed by atoms with Gasteiger partial charge in [0, 0.05) is 17.9 Å². The highest BCUT2D eigenvalue weighted by Crippen LogP contribution is 2.54. The van der Waals surface area contributed by atoms with Gasteiger partial charge in [0.05, 0.1) is 0 Å². The van der Waals surface area contributed by atoms with Gasteiger partial charge in [-0.2, -0.15) is 0 Å². The number of ketones is 1. The molecule has 2 atom stereocenters. The van der Waals surface area contributed by atoms with Crippen LogP contribution in [0.1, 0.15) is 19.8 Å². The molecule has 1 fully saturated rings. The summed E-state index contributed by atoms with van der Waals surface area (Å²) in [4.78, 5) is 11.3. The molecule has 2 nitrogen and oxygen atoms in total. The number of halogens is 3. The summed E-state index contributed by atoms with van der Waals surface area (Å²) in [5.74, 6) is -0.367. The molecule has 0 aromatic heterocycles. The van der Waals surface area contributed by atoms with E-state index in [-0.39, 0.29) is 11.7 Å². The van der Waals surface area contributed by atoms with Gasteiger partial charge in [-0.15, -0.1) is 13.2 Å². The Hall–Kier alpha value is -1.10. The van der Waals surface area contributed by atoms with Crippen LogP contribution in [0, 0.1) is 5.92 Å². The topological polar surface area (TPSA) is 26.3 Å². The third-order valence-corrected chi connectivity index (χ3v) is 2.88. The van der Waals surface area contributed by atoms with Gasteiger partial charge in [-0.05, 0) is 6.42 Å². The van der Waals surface area contributed by atoms with Gasteiger partial charge in [-0.1, -0.05) is 25.2 Å². The van der Waals surface area contributed by atoms with Crippen molar-refractivity contribution in [3.8, 4) is 0 Å². The Labute approximate surface area is 90.8 Å². The fourth-order valence-electron chi connectivity index (χ4n) is 1.94. The number of Topliss-reactive ketones (excluding diaryl/α,β-unsaturated/α-hetero) is 1. The average molecular weight is 232 g/mol. The van der Waals surface area contributed by atoms with Crippen LogP contribution in [0.2, 0.25) is 0 Å². The largest absolute Gasteiger partial charge is 0.523 e. The SMILES string of the molecule is CCC(=O)C1=CC2CC2(OC(F)(F)F)C=C1. The van der Waals surface area contributed by atoms with Crippen molar-refractivity contribution in [2.75, 3.05) is 0 Å². The van der Waals surface area contributed by atoms with Crippen molar-refractivity contribution in [2.24, 2.45) is 5.92 Å². The van der Waals surface area contributed by atoms with Gasteiger partial charge in [0.2, 0.25) is 0 Å². The zero-order chi connectivity index (χ0) is 12.0. The second-order valence-electron chi connectivity index (χ2n) is 4.05. The van der Waals surface area contributed by atoms with Gasteiger partial charge in [-0.25, -0.2) is 0 Å². The molecule has 0 bridgehead atoms. The number of ether oxygens (including phenoxy) is 1. The first-order valence-corrected chi connectivity index (χ1v) is 5.07. The van der Waals surface area contributed by atoms with Crippen LogP contribution in [0.4, 0.5) is 13.2 Å². The first kappa shape index (κ1) is 11.4. The molecule has 0 N–H and O–H groups in total. The van der Waals surface area contributed by atoms with Crippen LogP contribution in [-0.4, -0.2) is 17.7 Å². The first-order chi connectivity index (χ1) is 7.36. The lowest BCUT2D eigenvalue weighted by molar-refractivity contribution is -0.343. The normalized spacial score (nSPS) is 32.0. The lowest BCUT2D eigenvalue weighted by atomic mass is 10.0. The maximum absolute atomic E-state index is 12.1. The van der Waals surface area contributed by atoms with Crippen LogP contribution in [0.3, 0.4) is 0 Å². The molecule has 0 aromatic carbocycles. The quantitative estimate of drug-likeness (QED) is 0.747. The molecular formula is C11H11F3O2. The molecule has 0 spiro atoms. The van der Waals surface area contributed by atoms with Crippen LogP contribution in [0.25, 0.3) is 0 Å². The Morgan fingerprint density at radius 3 is 2.81 bits per heavy atom. The summed E-state index contributed by atoms with van der Waals surface area (Å²) in [6.45, 7) is 1.72. The van der Waals surface area contributed by atoms with E-state index < -0.39 is 12.0 Å². The van der Waals surface area contributed by atoms with E-state index in [0.717, 1.165) is 0 Å². The molecule has 88 valence electrons. The summed E-state index contributed by atoms with van der Waals surface area (Å²) >= 11 is 0. The maximum atomic E-state index is 12.1. The standard InChI is InChI=1S/C11H11F3O2/c1-2-9(15)7-3-4-10(6-8(10)5-7)16-11(12,13)14/h3-5,8H,2,6H2,1H3. The average Bonchev–Trinajstić information content (AvgIpc) is 2.86. The van der Waals surface area contributed by atoms with Gasteiger partial charge in [0.25, 0.3) is 0 Å². The Kier molecular flexibility index (Phi) is 2.45. The van der Waals surface area contributed by atoms with Gasteiger partial charge in [0.1, 0.15) is 5.60 Å². The molecule has 0 saturated heterocycles. The van der Waals surface area contributed by atoms with Crippen molar-refractivity contribution < 1.29 is 22.7 Å². The van der Waals surface area contributed by atoms with Gasteiger partial charge in [-0.3, -0.25) is 9.53 Å². The predicted octanol–water partition coefficient (Wildman–Crippen LogP) is 2.76. The van der Waals surface area contributed by atoms with Gasteiger partial charge in [0.15, 0.2) is 5.78 Å². The van der Waals surface area contributed by atoms with Crippen molar-refractivity contribution >= 4 is 5.78 Å². The number of alkyl halides is 3. The van der Waals surface area contributed by atoms with E-state index in [1.807, 2.05) is 0 Å². The Bertz CT molecular complexity index is 381. The summed E-state index contributed by atoms with van der Waals surface area (Å²) in [5, 5.41) is 0. The van der Waals surface area contributed by atoms with Crippen molar-refractivity contribution in [1.29, 1.82) is 0 Å². The molecule has 2 aliphatic carbocycles. The Morgan fingerprint density at radius 2 is 2.31 bits per heavy atom. The minimum atomic E-state index is -4.63. The minimum absolute atomic E-state index is 0.0521. The monoisotopic (exact) mass is 232 g/mol. The lowest BCUT2D eigenvalue weighted by Crippen LogP contribution is -2.26. The molecule has 1 saturated carbocycles. The number of hydrogen-bond acceptors (Lipinski definition) is 2. The third-order valence-electron chi connectivity index (χ3n) is 2.88. The van der Waals surface area contributed by atoms with Crippen LogP contribution in [0.5, 0.6) is 0 Å². The fraction of sp³-hybridized carbons (Fsp3) is 0.545. The van der Waals surface area contributed by atoms with E-state index >= 15 is 0 Å². The molecule has 0 amide bonds.